The number of rotatable bonds is 5. The van der Waals surface area contributed by atoms with Gasteiger partial charge in [-0.15, -0.1) is 0 Å². The van der Waals surface area contributed by atoms with E-state index in [1.807, 2.05) is 55.5 Å². The first-order chi connectivity index (χ1) is 10.5. The van der Waals surface area contributed by atoms with Crippen molar-refractivity contribution in [1.29, 1.82) is 0 Å². The highest BCUT2D eigenvalue weighted by atomic mass is 16.5. The zero-order valence-corrected chi connectivity index (χ0v) is 13.6. The number of anilines is 1. The van der Waals surface area contributed by atoms with Crippen LogP contribution in [0.25, 0.3) is 0 Å². The predicted molar refractivity (Wildman–Crippen MR) is 90.4 cm³/mol. The molecule has 0 aliphatic carbocycles. The summed E-state index contributed by atoms with van der Waals surface area (Å²) >= 11 is 0. The molecule has 0 saturated heterocycles. The summed E-state index contributed by atoms with van der Waals surface area (Å²) in [6.45, 7) is 8.01. The maximum Gasteiger partial charge on any atom is 0.265 e. The van der Waals surface area contributed by atoms with Crippen LogP contribution in [-0.2, 0) is 4.79 Å². The number of hydrogen-bond acceptors (Lipinski definition) is 2. The molecule has 1 amide bonds. The van der Waals surface area contributed by atoms with Gasteiger partial charge in [-0.05, 0) is 49.1 Å². The van der Waals surface area contributed by atoms with Gasteiger partial charge in [-0.3, -0.25) is 4.79 Å². The largest absolute Gasteiger partial charge is 0.481 e. The summed E-state index contributed by atoms with van der Waals surface area (Å²) in [4.78, 5) is 12.2. The lowest BCUT2D eigenvalue weighted by Crippen LogP contribution is -2.30. The quantitative estimate of drug-likeness (QED) is 0.881. The van der Waals surface area contributed by atoms with E-state index in [4.69, 9.17) is 4.74 Å². The van der Waals surface area contributed by atoms with Crippen LogP contribution >= 0.6 is 0 Å². The molecule has 3 heteroatoms. The number of benzene rings is 2. The Morgan fingerprint density at radius 1 is 1.00 bits per heavy atom. The monoisotopic (exact) mass is 297 g/mol. The fraction of sp³-hybridized carbons (Fsp3) is 0.316. The standard InChI is InChI=1S/C19H23NO2/c1-13(2)16-9-11-17(12-10-16)20-19(21)15(4)22-18-8-6-5-7-14(18)3/h5-13,15H,1-4H3,(H,20,21). The maximum atomic E-state index is 12.2. The van der Waals surface area contributed by atoms with Crippen molar-refractivity contribution in [2.45, 2.75) is 39.7 Å². The first kappa shape index (κ1) is 16.1. The van der Waals surface area contributed by atoms with E-state index in [2.05, 4.69) is 19.2 Å². The lowest BCUT2D eigenvalue weighted by atomic mass is 10.0. The van der Waals surface area contributed by atoms with Gasteiger partial charge in [-0.25, -0.2) is 0 Å². The third kappa shape index (κ3) is 4.10. The molecule has 0 saturated carbocycles. The van der Waals surface area contributed by atoms with Gasteiger partial charge in [0.25, 0.3) is 5.91 Å². The number of hydrogen-bond donors (Lipinski definition) is 1. The van der Waals surface area contributed by atoms with E-state index >= 15 is 0 Å². The summed E-state index contributed by atoms with van der Waals surface area (Å²) < 4.78 is 5.73. The first-order valence-electron chi connectivity index (χ1n) is 7.60. The van der Waals surface area contributed by atoms with Crippen molar-refractivity contribution in [2.24, 2.45) is 0 Å². The van der Waals surface area contributed by atoms with Gasteiger partial charge in [-0.2, -0.15) is 0 Å². The predicted octanol–water partition coefficient (Wildman–Crippen LogP) is 4.52. The molecule has 1 N–H and O–H groups in total. The summed E-state index contributed by atoms with van der Waals surface area (Å²) in [5, 5.41) is 2.88. The molecular weight excluding hydrogens is 274 g/mol. The van der Waals surface area contributed by atoms with Gasteiger partial charge < -0.3 is 10.1 Å². The lowest BCUT2D eigenvalue weighted by Gasteiger charge is -2.16. The molecule has 0 heterocycles. The zero-order valence-electron chi connectivity index (χ0n) is 13.6. The van der Waals surface area contributed by atoms with Crippen molar-refractivity contribution < 1.29 is 9.53 Å². The van der Waals surface area contributed by atoms with Crippen molar-refractivity contribution in [3.8, 4) is 5.75 Å². The number of carbonyl (C=O) groups excluding carboxylic acids is 1. The highest BCUT2D eigenvalue weighted by Gasteiger charge is 2.15. The maximum absolute atomic E-state index is 12.2. The Labute approximate surface area is 132 Å². The van der Waals surface area contributed by atoms with Crippen molar-refractivity contribution in [3.05, 3.63) is 59.7 Å². The number of para-hydroxylation sites is 1. The van der Waals surface area contributed by atoms with E-state index < -0.39 is 6.10 Å². The second kappa shape index (κ2) is 7.12. The van der Waals surface area contributed by atoms with Gasteiger partial charge in [0.2, 0.25) is 0 Å². The van der Waals surface area contributed by atoms with Gasteiger partial charge in [0, 0.05) is 5.69 Å². The minimum Gasteiger partial charge on any atom is -0.481 e. The molecular formula is C19H23NO2. The number of aryl methyl sites for hydroxylation is 1. The highest BCUT2D eigenvalue weighted by Crippen LogP contribution is 2.19. The zero-order chi connectivity index (χ0) is 16.1. The summed E-state index contributed by atoms with van der Waals surface area (Å²) in [6.07, 6.45) is -0.550. The van der Waals surface area contributed by atoms with E-state index in [0.29, 0.717) is 5.92 Å². The van der Waals surface area contributed by atoms with Crippen molar-refractivity contribution in [1.82, 2.24) is 0 Å². The van der Waals surface area contributed by atoms with Crippen LogP contribution in [0, 0.1) is 6.92 Å². The number of amides is 1. The number of nitrogens with one attached hydrogen (secondary N) is 1. The van der Waals surface area contributed by atoms with Crippen LogP contribution in [0.15, 0.2) is 48.5 Å². The fourth-order valence-electron chi connectivity index (χ4n) is 2.13. The molecule has 0 aliphatic heterocycles. The normalized spacial score (nSPS) is 12.0. The average molecular weight is 297 g/mol. The van der Waals surface area contributed by atoms with Gasteiger partial charge in [0.05, 0.1) is 0 Å². The third-order valence-electron chi connectivity index (χ3n) is 3.61. The van der Waals surface area contributed by atoms with Crippen LogP contribution < -0.4 is 10.1 Å². The Morgan fingerprint density at radius 2 is 1.64 bits per heavy atom. The van der Waals surface area contributed by atoms with E-state index in [1.165, 1.54) is 5.56 Å². The topological polar surface area (TPSA) is 38.3 Å². The molecule has 0 aliphatic rings. The van der Waals surface area contributed by atoms with Gasteiger partial charge in [0.1, 0.15) is 5.75 Å². The van der Waals surface area contributed by atoms with Crippen LogP contribution in [0.2, 0.25) is 0 Å². The molecule has 116 valence electrons. The summed E-state index contributed by atoms with van der Waals surface area (Å²) in [6, 6.07) is 15.6. The second-order valence-electron chi connectivity index (χ2n) is 5.79. The smallest absolute Gasteiger partial charge is 0.265 e. The Balaban J connectivity index is 1.98. The number of ether oxygens (including phenoxy) is 1. The molecule has 1 atom stereocenters. The van der Waals surface area contributed by atoms with Crippen molar-refractivity contribution in [3.63, 3.8) is 0 Å². The molecule has 0 radical (unpaired) electrons. The highest BCUT2D eigenvalue weighted by molar-refractivity contribution is 5.94. The lowest BCUT2D eigenvalue weighted by molar-refractivity contribution is -0.122. The Hall–Kier alpha value is -2.29. The van der Waals surface area contributed by atoms with Crippen LogP contribution in [0.4, 0.5) is 5.69 Å². The van der Waals surface area contributed by atoms with E-state index in [0.717, 1.165) is 17.0 Å². The summed E-state index contributed by atoms with van der Waals surface area (Å²) in [7, 11) is 0. The minimum atomic E-state index is -0.550. The minimum absolute atomic E-state index is 0.152. The van der Waals surface area contributed by atoms with E-state index in [-0.39, 0.29) is 5.91 Å². The van der Waals surface area contributed by atoms with Gasteiger partial charge >= 0.3 is 0 Å². The first-order valence-corrected chi connectivity index (χ1v) is 7.60. The summed E-state index contributed by atoms with van der Waals surface area (Å²) in [5.74, 6) is 1.06. The Kier molecular flexibility index (Phi) is 5.21. The fourth-order valence-corrected chi connectivity index (χ4v) is 2.13. The molecule has 22 heavy (non-hydrogen) atoms. The van der Waals surface area contributed by atoms with Crippen LogP contribution in [-0.4, -0.2) is 12.0 Å². The Morgan fingerprint density at radius 3 is 2.23 bits per heavy atom. The van der Waals surface area contributed by atoms with Gasteiger partial charge in [-0.1, -0.05) is 44.2 Å². The third-order valence-corrected chi connectivity index (χ3v) is 3.61. The van der Waals surface area contributed by atoms with Crippen LogP contribution in [0.1, 0.15) is 37.8 Å². The average Bonchev–Trinajstić information content (AvgIpc) is 2.50. The van der Waals surface area contributed by atoms with Crippen LogP contribution in [0.3, 0.4) is 0 Å². The Bertz CT molecular complexity index is 632. The molecule has 2 aromatic carbocycles. The van der Waals surface area contributed by atoms with Crippen LogP contribution in [0.5, 0.6) is 5.75 Å². The van der Waals surface area contributed by atoms with E-state index in [1.54, 1.807) is 6.92 Å². The molecule has 0 aromatic heterocycles. The molecule has 0 spiro atoms. The molecule has 0 bridgehead atoms. The number of carbonyl (C=O) groups is 1. The molecule has 2 aromatic rings. The second-order valence-corrected chi connectivity index (χ2v) is 5.79. The molecule has 1 unspecified atom stereocenters. The molecule has 3 nitrogen and oxygen atoms in total. The van der Waals surface area contributed by atoms with E-state index in [9.17, 15) is 4.79 Å². The summed E-state index contributed by atoms with van der Waals surface area (Å²) in [5.41, 5.74) is 3.06. The molecule has 2 rings (SSSR count). The van der Waals surface area contributed by atoms with Crippen molar-refractivity contribution in [2.75, 3.05) is 5.32 Å². The molecule has 0 fully saturated rings. The van der Waals surface area contributed by atoms with Crippen molar-refractivity contribution >= 4 is 11.6 Å². The SMILES string of the molecule is Cc1ccccc1OC(C)C(=O)Nc1ccc(C(C)C)cc1. The van der Waals surface area contributed by atoms with Gasteiger partial charge in [0.15, 0.2) is 6.10 Å².